The van der Waals surface area contributed by atoms with Gasteiger partial charge in [-0.2, -0.15) is 0 Å². The fourth-order valence-electron chi connectivity index (χ4n) is 3.00. The lowest BCUT2D eigenvalue weighted by atomic mass is 10.0. The van der Waals surface area contributed by atoms with Crippen molar-refractivity contribution in [1.82, 2.24) is 9.88 Å². The minimum Gasteiger partial charge on any atom is -0.319 e. The van der Waals surface area contributed by atoms with Gasteiger partial charge in [0.25, 0.3) is 0 Å². The van der Waals surface area contributed by atoms with Crippen molar-refractivity contribution in [2.24, 2.45) is 0 Å². The van der Waals surface area contributed by atoms with E-state index in [1.54, 1.807) is 0 Å². The Bertz CT molecular complexity index is 774. The predicted octanol–water partition coefficient (Wildman–Crippen LogP) is 3.81. The molecular formula is C18H15FN2. The summed E-state index contributed by atoms with van der Waals surface area (Å²) in [7, 11) is 0. The van der Waals surface area contributed by atoms with Crippen LogP contribution < -0.4 is 5.32 Å². The van der Waals surface area contributed by atoms with Crippen LogP contribution in [-0.2, 0) is 6.54 Å². The van der Waals surface area contributed by atoms with E-state index >= 15 is 0 Å². The molecule has 4 rings (SSSR count). The number of nitrogens with one attached hydrogen (secondary N) is 1. The molecule has 2 nitrogen and oxygen atoms in total. The number of aromatic nitrogens is 1. The van der Waals surface area contributed by atoms with Crippen LogP contribution in [0.2, 0.25) is 0 Å². The summed E-state index contributed by atoms with van der Waals surface area (Å²) in [6.45, 7) is 0.792. The number of hydrogen-bond donors (Lipinski definition) is 1. The predicted molar refractivity (Wildman–Crippen MR) is 80.9 cm³/mol. The van der Waals surface area contributed by atoms with Gasteiger partial charge in [-0.15, -0.1) is 0 Å². The summed E-state index contributed by atoms with van der Waals surface area (Å²) < 4.78 is 15.4. The summed E-state index contributed by atoms with van der Waals surface area (Å²) in [6.07, 6.45) is 2.08. The largest absolute Gasteiger partial charge is 0.319 e. The Morgan fingerprint density at radius 3 is 2.62 bits per heavy atom. The second-order valence-corrected chi connectivity index (χ2v) is 5.30. The van der Waals surface area contributed by atoms with E-state index in [4.69, 9.17) is 0 Å². The van der Waals surface area contributed by atoms with Gasteiger partial charge in [-0.05, 0) is 41.5 Å². The van der Waals surface area contributed by atoms with E-state index in [-0.39, 0.29) is 11.9 Å². The minimum atomic E-state index is -0.203. The standard InChI is InChI=1S/C18H15FN2/c19-15-9-7-13(8-10-15)18-17-6-3-11-21(17)16-5-2-1-4-14(16)12-20-18/h1-11,18,20H,12H2/t18-/m1/s1. The number of fused-ring (bicyclic) bond motifs is 3. The van der Waals surface area contributed by atoms with E-state index in [2.05, 4.69) is 52.5 Å². The summed E-state index contributed by atoms with van der Waals surface area (Å²) >= 11 is 0. The van der Waals surface area contributed by atoms with Gasteiger partial charge in [-0.1, -0.05) is 30.3 Å². The van der Waals surface area contributed by atoms with Crippen LogP contribution in [0.25, 0.3) is 5.69 Å². The summed E-state index contributed by atoms with van der Waals surface area (Å²) in [6, 6.07) is 19.3. The number of para-hydroxylation sites is 1. The fraction of sp³-hybridized carbons (Fsp3) is 0.111. The average molecular weight is 278 g/mol. The van der Waals surface area contributed by atoms with Crippen LogP contribution in [0.4, 0.5) is 4.39 Å². The van der Waals surface area contributed by atoms with Gasteiger partial charge in [0.15, 0.2) is 0 Å². The third kappa shape index (κ3) is 2.06. The van der Waals surface area contributed by atoms with Crippen LogP contribution in [0, 0.1) is 5.82 Å². The number of benzene rings is 2. The first-order chi connectivity index (χ1) is 10.3. The molecule has 0 bridgehead atoms. The Balaban J connectivity index is 1.85. The second-order valence-electron chi connectivity index (χ2n) is 5.30. The first-order valence-corrected chi connectivity index (χ1v) is 7.07. The lowest BCUT2D eigenvalue weighted by Crippen LogP contribution is -2.21. The zero-order valence-corrected chi connectivity index (χ0v) is 11.5. The highest BCUT2D eigenvalue weighted by Gasteiger charge is 2.22. The van der Waals surface area contributed by atoms with Crippen LogP contribution in [0.3, 0.4) is 0 Å². The van der Waals surface area contributed by atoms with Crippen molar-refractivity contribution < 1.29 is 4.39 Å². The van der Waals surface area contributed by atoms with E-state index in [1.165, 1.54) is 29.1 Å². The molecular weight excluding hydrogens is 263 g/mol. The maximum atomic E-state index is 13.2. The smallest absolute Gasteiger partial charge is 0.123 e. The first kappa shape index (κ1) is 12.4. The van der Waals surface area contributed by atoms with Crippen molar-refractivity contribution in [1.29, 1.82) is 0 Å². The lowest BCUT2D eigenvalue weighted by Gasteiger charge is -2.18. The normalized spacial score (nSPS) is 16.9. The van der Waals surface area contributed by atoms with E-state index in [1.807, 2.05) is 12.1 Å². The SMILES string of the molecule is Fc1ccc([C@H]2NCc3ccccc3-n3cccc32)cc1. The third-order valence-electron chi connectivity index (χ3n) is 4.03. The van der Waals surface area contributed by atoms with E-state index in [0.717, 1.165) is 12.1 Å². The zero-order chi connectivity index (χ0) is 14.2. The molecule has 1 aliphatic heterocycles. The molecule has 3 heteroatoms. The van der Waals surface area contributed by atoms with Crippen molar-refractivity contribution in [3.05, 3.63) is 89.5 Å². The van der Waals surface area contributed by atoms with Gasteiger partial charge in [-0.3, -0.25) is 0 Å². The van der Waals surface area contributed by atoms with Crippen molar-refractivity contribution in [2.75, 3.05) is 0 Å². The Hall–Kier alpha value is -2.39. The lowest BCUT2D eigenvalue weighted by molar-refractivity contribution is 0.594. The van der Waals surface area contributed by atoms with Crippen LogP contribution in [0.15, 0.2) is 66.9 Å². The number of hydrogen-bond acceptors (Lipinski definition) is 1. The number of rotatable bonds is 1. The Labute approximate surface area is 122 Å². The highest BCUT2D eigenvalue weighted by atomic mass is 19.1. The molecule has 0 aliphatic carbocycles. The summed E-state index contributed by atoms with van der Waals surface area (Å²) in [5.41, 5.74) is 4.71. The van der Waals surface area contributed by atoms with Gasteiger partial charge in [0.1, 0.15) is 5.82 Å². The molecule has 0 saturated carbocycles. The highest BCUT2D eigenvalue weighted by Crippen LogP contribution is 2.30. The second kappa shape index (κ2) is 4.86. The molecule has 0 unspecified atom stereocenters. The van der Waals surface area contributed by atoms with E-state index in [9.17, 15) is 4.39 Å². The molecule has 0 radical (unpaired) electrons. The molecule has 21 heavy (non-hydrogen) atoms. The highest BCUT2D eigenvalue weighted by molar-refractivity contribution is 5.46. The molecule has 1 atom stereocenters. The Morgan fingerprint density at radius 1 is 0.952 bits per heavy atom. The Morgan fingerprint density at radius 2 is 1.76 bits per heavy atom. The molecule has 1 aliphatic rings. The molecule has 0 amide bonds. The van der Waals surface area contributed by atoms with Crippen LogP contribution >= 0.6 is 0 Å². The van der Waals surface area contributed by atoms with Gasteiger partial charge in [0.2, 0.25) is 0 Å². The average Bonchev–Trinajstić information content (AvgIpc) is 2.93. The summed E-state index contributed by atoms with van der Waals surface area (Å²) in [4.78, 5) is 0. The molecule has 2 heterocycles. The van der Waals surface area contributed by atoms with Gasteiger partial charge in [-0.25, -0.2) is 4.39 Å². The van der Waals surface area contributed by atoms with Crippen molar-refractivity contribution in [2.45, 2.75) is 12.6 Å². The van der Waals surface area contributed by atoms with E-state index < -0.39 is 0 Å². The third-order valence-corrected chi connectivity index (χ3v) is 4.03. The monoisotopic (exact) mass is 278 g/mol. The fourth-order valence-corrected chi connectivity index (χ4v) is 3.00. The van der Waals surface area contributed by atoms with E-state index in [0.29, 0.717) is 0 Å². The van der Waals surface area contributed by atoms with Crippen molar-refractivity contribution >= 4 is 0 Å². The van der Waals surface area contributed by atoms with Crippen molar-refractivity contribution in [3.8, 4) is 5.69 Å². The molecule has 3 aromatic rings. The maximum absolute atomic E-state index is 13.2. The molecule has 104 valence electrons. The number of nitrogens with zero attached hydrogens (tertiary/aromatic N) is 1. The summed E-state index contributed by atoms with van der Waals surface area (Å²) in [5, 5.41) is 3.57. The van der Waals surface area contributed by atoms with Crippen LogP contribution in [0.5, 0.6) is 0 Å². The molecule has 0 fully saturated rings. The molecule has 1 aromatic heterocycles. The van der Waals surface area contributed by atoms with Crippen LogP contribution in [0.1, 0.15) is 22.9 Å². The first-order valence-electron chi connectivity index (χ1n) is 7.07. The molecule has 0 spiro atoms. The Kier molecular flexibility index (Phi) is 2.86. The van der Waals surface area contributed by atoms with Gasteiger partial charge >= 0.3 is 0 Å². The van der Waals surface area contributed by atoms with Gasteiger partial charge in [0.05, 0.1) is 6.04 Å². The van der Waals surface area contributed by atoms with Crippen molar-refractivity contribution in [3.63, 3.8) is 0 Å². The topological polar surface area (TPSA) is 17.0 Å². The quantitative estimate of drug-likeness (QED) is 0.716. The van der Waals surface area contributed by atoms with Gasteiger partial charge < -0.3 is 9.88 Å². The molecule has 0 saturated heterocycles. The summed E-state index contributed by atoms with van der Waals surface area (Å²) in [5.74, 6) is -0.203. The number of halogens is 1. The van der Waals surface area contributed by atoms with Gasteiger partial charge in [0, 0.05) is 24.1 Å². The zero-order valence-electron chi connectivity index (χ0n) is 11.5. The maximum Gasteiger partial charge on any atom is 0.123 e. The minimum absolute atomic E-state index is 0.0630. The van der Waals surface area contributed by atoms with Crippen LogP contribution in [-0.4, -0.2) is 4.57 Å². The molecule has 2 aromatic carbocycles. The molecule has 1 N–H and O–H groups in total.